The lowest BCUT2D eigenvalue weighted by Crippen LogP contribution is -2.08. The summed E-state index contributed by atoms with van der Waals surface area (Å²) in [6.45, 7) is 15.5. The Morgan fingerprint density at radius 1 is 0.750 bits per heavy atom. The molecule has 0 amide bonds. The average molecular weight is 335 g/mol. The Labute approximate surface area is 146 Å². The molecule has 0 fully saturated rings. The van der Waals surface area contributed by atoms with E-state index in [2.05, 4.69) is 62.1 Å². The summed E-state index contributed by atoms with van der Waals surface area (Å²) in [4.78, 5) is 1.74. The molecule has 0 spiro atoms. The predicted octanol–water partition coefficient (Wildman–Crippen LogP) is 4.21. The van der Waals surface area contributed by atoms with E-state index in [1.807, 2.05) is 10.9 Å². The van der Waals surface area contributed by atoms with Crippen LogP contribution in [0.5, 0.6) is 0 Å². The van der Waals surface area contributed by atoms with Crippen LogP contribution in [-0.4, -0.2) is 30.0 Å². The number of hydrogen-bond acceptors (Lipinski definition) is 4. The first-order valence-corrected chi connectivity index (χ1v) is 8.84. The number of aromatic nitrogens is 6. The van der Waals surface area contributed by atoms with Crippen LogP contribution in [0.3, 0.4) is 0 Å². The number of aryl methyl sites for hydroxylation is 2. The minimum absolute atomic E-state index is 0.424. The first kappa shape index (κ1) is 20.3. The van der Waals surface area contributed by atoms with Crippen molar-refractivity contribution in [1.82, 2.24) is 30.0 Å². The zero-order valence-corrected chi connectivity index (χ0v) is 16.2. The van der Waals surface area contributed by atoms with E-state index in [0.717, 1.165) is 19.5 Å². The Kier molecular flexibility index (Phi) is 8.08. The molecule has 0 saturated heterocycles. The summed E-state index contributed by atoms with van der Waals surface area (Å²) in [5.41, 5.74) is 0.855. The highest BCUT2D eigenvalue weighted by Gasteiger charge is 2.09. The molecule has 136 valence electrons. The van der Waals surface area contributed by atoms with Crippen LogP contribution in [0.15, 0.2) is 24.8 Å². The van der Waals surface area contributed by atoms with Crippen molar-refractivity contribution in [2.45, 2.75) is 80.3 Å². The lowest BCUT2D eigenvalue weighted by atomic mass is 9.91. The fraction of sp³-hybridized carbons (Fsp3) is 0.778. The maximum absolute atomic E-state index is 4.04. The van der Waals surface area contributed by atoms with Crippen molar-refractivity contribution in [3.05, 3.63) is 24.8 Å². The van der Waals surface area contributed by atoms with E-state index in [4.69, 9.17) is 0 Å². The Morgan fingerprint density at radius 3 is 1.75 bits per heavy atom. The van der Waals surface area contributed by atoms with Gasteiger partial charge in [-0.3, -0.25) is 4.68 Å². The van der Waals surface area contributed by atoms with Crippen molar-refractivity contribution in [3.63, 3.8) is 0 Å². The minimum atomic E-state index is 0.424. The van der Waals surface area contributed by atoms with E-state index in [1.54, 1.807) is 23.4 Å². The van der Waals surface area contributed by atoms with Gasteiger partial charge in [-0.2, -0.15) is 15.0 Å². The molecule has 0 aliphatic heterocycles. The fourth-order valence-electron chi connectivity index (χ4n) is 2.23. The summed E-state index contributed by atoms with van der Waals surface area (Å²) in [7, 11) is 0. The van der Waals surface area contributed by atoms with Gasteiger partial charge in [-0.25, -0.2) is 0 Å². The zero-order valence-electron chi connectivity index (χ0n) is 16.2. The van der Waals surface area contributed by atoms with Crippen molar-refractivity contribution >= 4 is 0 Å². The summed E-state index contributed by atoms with van der Waals surface area (Å²) < 4.78 is 1.88. The van der Waals surface area contributed by atoms with E-state index in [-0.39, 0.29) is 0 Å². The third-order valence-electron chi connectivity index (χ3n) is 3.54. The SMILES string of the molecule is CC(C)(C)CCCn1ccnn1.CC(C)(C)CCCn1nccn1. The number of hydrogen-bond donors (Lipinski definition) is 0. The molecule has 2 aromatic heterocycles. The molecule has 6 heteroatoms. The number of nitrogens with zero attached hydrogens (tertiary/aromatic N) is 6. The zero-order chi connectivity index (χ0) is 18.1. The monoisotopic (exact) mass is 334 g/mol. The molecule has 0 unspecified atom stereocenters. The second kappa shape index (κ2) is 9.55. The predicted molar refractivity (Wildman–Crippen MR) is 97.4 cm³/mol. The lowest BCUT2D eigenvalue weighted by Gasteiger charge is -2.17. The first-order valence-electron chi connectivity index (χ1n) is 8.84. The van der Waals surface area contributed by atoms with Crippen LogP contribution >= 0.6 is 0 Å². The highest BCUT2D eigenvalue weighted by molar-refractivity contribution is 4.66. The molecule has 0 aromatic carbocycles. The Morgan fingerprint density at radius 2 is 1.29 bits per heavy atom. The second-order valence-corrected chi connectivity index (χ2v) is 8.62. The van der Waals surface area contributed by atoms with E-state index < -0.39 is 0 Å². The van der Waals surface area contributed by atoms with Gasteiger partial charge in [0.15, 0.2) is 0 Å². The molecule has 6 nitrogen and oxygen atoms in total. The summed E-state index contributed by atoms with van der Waals surface area (Å²) in [6.07, 6.45) is 11.8. The van der Waals surface area contributed by atoms with Gasteiger partial charge in [0.2, 0.25) is 0 Å². The molecule has 0 aliphatic rings. The molecule has 0 saturated carbocycles. The maximum atomic E-state index is 4.04. The van der Waals surface area contributed by atoms with Gasteiger partial charge in [0.05, 0.1) is 25.1 Å². The molecule has 0 N–H and O–H groups in total. The lowest BCUT2D eigenvalue weighted by molar-refractivity contribution is 0.341. The van der Waals surface area contributed by atoms with Gasteiger partial charge >= 0.3 is 0 Å². The normalized spacial score (nSPS) is 11.9. The van der Waals surface area contributed by atoms with Gasteiger partial charge in [-0.1, -0.05) is 46.8 Å². The molecular formula is C18H34N6. The van der Waals surface area contributed by atoms with Gasteiger partial charge in [0.25, 0.3) is 0 Å². The van der Waals surface area contributed by atoms with Crippen LogP contribution in [0.1, 0.15) is 67.2 Å². The minimum Gasteiger partial charge on any atom is -0.253 e. The fourth-order valence-corrected chi connectivity index (χ4v) is 2.23. The van der Waals surface area contributed by atoms with Crippen LogP contribution in [0.25, 0.3) is 0 Å². The first-order chi connectivity index (χ1) is 11.2. The summed E-state index contributed by atoms with van der Waals surface area (Å²) in [6, 6.07) is 0. The van der Waals surface area contributed by atoms with E-state index in [1.165, 1.54) is 19.3 Å². The van der Waals surface area contributed by atoms with Crippen LogP contribution in [0, 0.1) is 10.8 Å². The van der Waals surface area contributed by atoms with Crippen molar-refractivity contribution in [2.24, 2.45) is 10.8 Å². The van der Waals surface area contributed by atoms with Gasteiger partial charge in [0.1, 0.15) is 0 Å². The Bertz CT molecular complexity index is 467. The molecule has 2 heterocycles. The average Bonchev–Trinajstić information content (AvgIpc) is 3.09. The third-order valence-corrected chi connectivity index (χ3v) is 3.54. The maximum Gasteiger partial charge on any atom is 0.0693 e. The molecular weight excluding hydrogens is 300 g/mol. The van der Waals surface area contributed by atoms with Crippen molar-refractivity contribution in [2.75, 3.05) is 0 Å². The number of rotatable bonds is 6. The summed E-state index contributed by atoms with van der Waals surface area (Å²) in [5.74, 6) is 0. The van der Waals surface area contributed by atoms with Gasteiger partial charge < -0.3 is 0 Å². The smallest absolute Gasteiger partial charge is 0.0693 e. The van der Waals surface area contributed by atoms with Crippen LogP contribution in [0.4, 0.5) is 0 Å². The quantitative estimate of drug-likeness (QED) is 0.794. The van der Waals surface area contributed by atoms with Crippen molar-refractivity contribution in [3.8, 4) is 0 Å². The van der Waals surface area contributed by atoms with E-state index >= 15 is 0 Å². The third kappa shape index (κ3) is 10.9. The van der Waals surface area contributed by atoms with E-state index in [0.29, 0.717) is 10.8 Å². The molecule has 0 radical (unpaired) electrons. The highest BCUT2D eigenvalue weighted by atomic mass is 15.5. The standard InChI is InChI=1S/2C9H17N3/c1-9(2,3)5-4-8-12-10-6-7-11-12;1-9(2,3)5-4-7-12-8-6-10-11-12/h6-7H,4-5,8H2,1-3H3;6,8H,4-5,7H2,1-3H3. The van der Waals surface area contributed by atoms with Gasteiger partial charge in [0, 0.05) is 12.7 Å². The molecule has 24 heavy (non-hydrogen) atoms. The molecule has 2 rings (SSSR count). The van der Waals surface area contributed by atoms with Gasteiger partial charge in [-0.05, 0) is 36.5 Å². The largest absolute Gasteiger partial charge is 0.253 e. The molecule has 2 aromatic rings. The summed E-state index contributed by atoms with van der Waals surface area (Å²) >= 11 is 0. The topological polar surface area (TPSA) is 61.4 Å². The van der Waals surface area contributed by atoms with Crippen LogP contribution in [-0.2, 0) is 13.1 Å². The van der Waals surface area contributed by atoms with Crippen LogP contribution < -0.4 is 0 Å². The van der Waals surface area contributed by atoms with Crippen molar-refractivity contribution < 1.29 is 0 Å². The summed E-state index contributed by atoms with van der Waals surface area (Å²) in [5, 5.41) is 15.7. The van der Waals surface area contributed by atoms with Crippen molar-refractivity contribution in [1.29, 1.82) is 0 Å². The highest BCUT2D eigenvalue weighted by Crippen LogP contribution is 2.21. The van der Waals surface area contributed by atoms with E-state index in [9.17, 15) is 0 Å². The van der Waals surface area contributed by atoms with Crippen LogP contribution in [0.2, 0.25) is 0 Å². The second-order valence-electron chi connectivity index (χ2n) is 8.62. The molecule has 0 aliphatic carbocycles. The molecule has 0 bridgehead atoms. The Balaban J connectivity index is 0.000000240. The van der Waals surface area contributed by atoms with Gasteiger partial charge in [-0.15, -0.1) is 5.10 Å². The Hall–Kier alpha value is -1.72. The molecule has 0 atom stereocenters.